The molecule has 5 heteroatoms. The molecule has 0 fully saturated rings. The van der Waals surface area contributed by atoms with Gasteiger partial charge < -0.3 is 0 Å². The predicted molar refractivity (Wildman–Crippen MR) is 50.5 cm³/mol. The summed E-state index contributed by atoms with van der Waals surface area (Å²) in [5.41, 5.74) is 0. The fourth-order valence-electron chi connectivity index (χ4n) is 0.988. The number of unbranched alkanes of at least 4 members (excludes halogenated alkanes) is 2. The van der Waals surface area contributed by atoms with E-state index in [1.165, 1.54) is 0 Å². The predicted octanol–water partition coefficient (Wildman–Crippen LogP) is 1.10. The van der Waals surface area contributed by atoms with Crippen LogP contribution in [0.25, 0.3) is 0 Å². The van der Waals surface area contributed by atoms with Gasteiger partial charge in [0.2, 0.25) is 0 Å². The first-order chi connectivity index (χ1) is 6.22. The molecule has 0 bridgehead atoms. The van der Waals surface area contributed by atoms with Crippen LogP contribution in [0, 0.1) is 0 Å². The molecule has 72 valence electrons. The number of carboxylic acid groups (broad SMARTS) is 1. The van der Waals surface area contributed by atoms with Crippen LogP contribution in [0.2, 0.25) is 0 Å². The van der Waals surface area contributed by atoms with Crippen molar-refractivity contribution in [2.75, 3.05) is 0 Å². The molecule has 0 aliphatic heterocycles. The van der Waals surface area contributed by atoms with Gasteiger partial charge in [0, 0.05) is 0 Å². The van der Waals surface area contributed by atoms with Crippen molar-refractivity contribution in [3.05, 3.63) is 0 Å². The van der Waals surface area contributed by atoms with Gasteiger partial charge in [0.25, 0.3) is 0 Å². The molecule has 0 rings (SSSR count). The third kappa shape index (κ3) is 6.19. The molecule has 0 aliphatic rings. The zero-order chi connectivity index (χ0) is 10.1. The second-order valence-electron chi connectivity index (χ2n) is 2.78. The van der Waals surface area contributed by atoms with E-state index in [1.807, 2.05) is 6.92 Å². The van der Waals surface area contributed by atoms with Crippen molar-refractivity contribution < 1.29 is 14.6 Å². The fraction of sp³-hybridized carbons (Fsp3) is 0.750. The van der Waals surface area contributed by atoms with Crippen LogP contribution in [0.1, 0.15) is 32.6 Å². The van der Waals surface area contributed by atoms with E-state index in [0.717, 1.165) is 25.4 Å². The summed E-state index contributed by atoms with van der Waals surface area (Å²) in [6.07, 6.45) is 4.39. The summed E-state index contributed by atoms with van der Waals surface area (Å²) in [6, 6.07) is -0.753. The van der Waals surface area contributed by atoms with E-state index in [9.17, 15) is 9.50 Å². The number of aliphatic carboxylic acids is 1. The van der Waals surface area contributed by atoms with E-state index in [2.05, 4.69) is 4.99 Å². The van der Waals surface area contributed by atoms with E-state index in [0.29, 0.717) is 13.6 Å². The normalized spacial score (nSPS) is 12.7. The minimum atomic E-state index is -0.964. The SMILES string of the molecule is CCCCC[C@H](/N=C/B=O)C(=O)O. The first-order valence-electron chi connectivity index (χ1n) is 4.42. The summed E-state index contributed by atoms with van der Waals surface area (Å²) in [6.45, 7) is 2.05. The third-order valence-electron chi connectivity index (χ3n) is 1.69. The Morgan fingerprint density at radius 2 is 2.31 bits per heavy atom. The summed E-state index contributed by atoms with van der Waals surface area (Å²) in [5, 5.41) is 8.67. The Balaban J connectivity index is 3.87. The second-order valence-corrected chi connectivity index (χ2v) is 2.78. The van der Waals surface area contributed by atoms with Gasteiger partial charge >= 0.3 is 77.5 Å². The van der Waals surface area contributed by atoms with Gasteiger partial charge in [-0.3, -0.25) is 0 Å². The van der Waals surface area contributed by atoms with Crippen molar-refractivity contribution in [3.63, 3.8) is 0 Å². The number of hydrogen-bond donors (Lipinski definition) is 1. The van der Waals surface area contributed by atoms with Gasteiger partial charge in [-0.15, -0.1) is 0 Å². The Morgan fingerprint density at radius 1 is 1.62 bits per heavy atom. The van der Waals surface area contributed by atoms with E-state index >= 15 is 0 Å². The number of rotatable bonds is 7. The molecule has 13 heavy (non-hydrogen) atoms. The maximum atomic E-state index is 10.6. The Labute approximate surface area is 78.3 Å². The van der Waals surface area contributed by atoms with Crippen molar-refractivity contribution in [1.82, 2.24) is 0 Å². The number of nitrogens with zero attached hydrogens (tertiary/aromatic N) is 1. The molecule has 0 saturated carbocycles. The Hall–Kier alpha value is -0.995. The van der Waals surface area contributed by atoms with E-state index in [-0.39, 0.29) is 0 Å². The molecule has 0 aliphatic carbocycles. The van der Waals surface area contributed by atoms with Crippen LogP contribution in [0.4, 0.5) is 0 Å². The molecule has 0 unspecified atom stereocenters. The van der Waals surface area contributed by atoms with Gasteiger partial charge in [-0.2, -0.15) is 0 Å². The van der Waals surface area contributed by atoms with Crippen LogP contribution in [-0.2, 0) is 9.50 Å². The molecule has 1 N–H and O–H groups in total. The van der Waals surface area contributed by atoms with Crippen LogP contribution >= 0.6 is 0 Å². The Kier molecular flexibility index (Phi) is 7.06. The summed E-state index contributed by atoms with van der Waals surface area (Å²) in [7, 11) is 0.496. The van der Waals surface area contributed by atoms with Crippen molar-refractivity contribution in [3.8, 4) is 0 Å². The number of hydrogen-bond acceptors (Lipinski definition) is 3. The van der Waals surface area contributed by atoms with Gasteiger partial charge in [0.05, 0.1) is 0 Å². The van der Waals surface area contributed by atoms with Crippen LogP contribution in [0.5, 0.6) is 0 Å². The van der Waals surface area contributed by atoms with E-state index in [1.54, 1.807) is 0 Å². The van der Waals surface area contributed by atoms with Gasteiger partial charge in [0.15, 0.2) is 0 Å². The molecular weight excluding hydrogens is 169 g/mol. The molecule has 0 aromatic carbocycles. The van der Waals surface area contributed by atoms with Gasteiger partial charge in [-0.25, -0.2) is 0 Å². The quantitative estimate of drug-likeness (QED) is 0.365. The molecule has 4 nitrogen and oxygen atoms in total. The van der Waals surface area contributed by atoms with E-state index < -0.39 is 12.0 Å². The summed E-state index contributed by atoms with van der Waals surface area (Å²) < 4.78 is 9.92. The van der Waals surface area contributed by atoms with Crippen molar-refractivity contribution in [1.29, 1.82) is 0 Å². The zero-order valence-corrected chi connectivity index (χ0v) is 7.77. The maximum absolute atomic E-state index is 10.6. The molecule has 1 atom stereocenters. The molecule has 0 heterocycles. The average molecular weight is 183 g/mol. The number of aliphatic imine (C=N–C) groups is 1. The van der Waals surface area contributed by atoms with Crippen LogP contribution in [0.3, 0.4) is 0 Å². The summed E-state index contributed by atoms with van der Waals surface area (Å²) in [4.78, 5) is 14.2. The Bertz CT molecular complexity index is 194. The summed E-state index contributed by atoms with van der Waals surface area (Å²) >= 11 is 0. The molecular formula is C8H14BNO3. The monoisotopic (exact) mass is 183 g/mol. The molecule has 0 aromatic rings. The van der Waals surface area contributed by atoms with Gasteiger partial charge in [-0.1, -0.05) is 0 Å². The van der Waals surface area contributed by atoms with Crippen molar-refractivity contribution >= 4 is 19.2 Å². The summed E-state index contributed by atoms with van der Waals surface area (Å²) in [5.74, 6) is -0.964. The number of carbonyl (C=O) groups is 1. The standard InChI is InChI=1S/C8H14BNO3/c1-2-3-4-5-7(8(11)12)10-6-9-13/h6-7H,2-5H2,1H3,(H,11,12)/b10-6+/t7-/m0/s1. The van der Waals surface area contributed by atoms with Crippen molar-refractivity contribution in [2.45, 2.75) is 38.6 Å². The first-order valence-corrected chi connectivity index (χ1v) is 4.42. The van der Waals surface area contributed by atoms with E-state index in [4.69, 9.17) is 5.11 Å². The van der Waals surface area contributed by atoms with Crippen molar-refractivity contribution in [2.24, 2.45) is 4.99 Å². The molecule has 0 spiro atoms. The molecule has 0 radical (unpaired) electrons. The second kappa shape index (κ2) is 7.64. The topological polar surface area (TPSA) is 66.7 Å². The van der Waals surface area contributed by atoms with Crippen LogP contribution in [-0.4, -0.2) is 30.4 Å². The number of carboxylic acids is 1. The first kappa shape index (κ1) is 12.0. The average Bonchev–Trinajstić information content (AvgIpc) is 2.10. The molecule has 0 saturated heterocycles. The molecule has 0 amide bonds. The molecule has 0 aromatic heterocycles. The van der Waals surface area contributed by atoms with Gasteiger partial charge in [0.1, 0.15) is 0 Å². The zero-order valence-electron chi connectivity index (χ0n) is 7.77. The minimum absolute atomic E-state index is 0.496. The fourth-order valence-corrected chi connectivity index (χ4v) is 0.988. The van der Waals surface area contributed by atoms with Gasteiger partial charge in [-0.05, 0) is 0 Å². The van der Waals surface area contributed by atoms with Crippen LogP contribution in [0.15, 0.2) is 4.99 Å². The third-order valence-corrected chi connectivity index (χ3v) is 1.69. The van der Waals surface area contributed by atoms with Crippen LogP contribution < -0.4 is 0 Å². The Morgan fingerprint density at radius 3 is 2.77 bits per heavy atom.